The van der Waals surface area contributed by atoms with Gasteiger partial charge in [0.1, 0.15) is 0 Å². The van der Waals surface area contributed by atoms with E-state index in [1.54, 1.807) is 6.20 Å². The van der Waals surface area contributed by atoms with E-state index in [4.69, 9.17) is 4.74 Å². The van der Waals surface area contributed by atoms with Gasteiger partial charge in [-0.3, -0.25) is 4.79 Å². The average Bonchev–Trinajstić information content (AvgIpc) is 2.53. The van der Waals surface area contributed by atoms with E-state index in [0.717, 1.165) is 11.3 Å². The Morgan fingerprint density at radius 3 is 2.70 bits per heavy atom. The van der Waals surface area contributed by atoms with Gasteiger partial charge in [-0.15, -0.1) is 0 Å². The van der Waals surface area contributed by atoms with Gasteiger partial charge in [0, 0.05) is 19.3 Å². The first-order chi connectivity index (χ1) is 9.81. The fraction of sp³-hybridized carbons (Fsp3) is 0.267. The Labute approximate surface area is 118 Å². The van der Waals surface area contributed by atoms with Crippen LogP contribution in [0.3, 0.4) is 0 Å². The largest absolute Gasteiger partial charge is 0.469 e. The van der Waals surface area contributed by atoms with Crippen LogP contribution in [-0.2, 0) is 16.1 Å². The van der Waals surface area contributed by atoms with Gasteiger partial charge in [0.2, 0.25) is 0 Å². The Bertz CT molecular complexity index is 531. The second-order valence-corrected chi connectivity index (χ2v) is 4.33. The zero-order valence-electron chi connectivity index (χ0n) is 11.3. The van der Waals surface area contributed by atoms with Crippen molar-refractivity contribution in [2.24, 2.45) is 0 Å². The van der Waals surface area contributed by atoms with Gasteiger partial charge < -0.3 is 10.1 Å². The minimum atomic E-state index is -0.321. The summed E-state index contributed by atoms with van der Waals surface area (Å²) in [5.74, 6) is -0.569. The van der Waals surface area contributed by atoms with Gasteiger partial charge in [-0.1, -0.05) is 30.3 Å². The smallest absolute Gasteiger partial charge is 0.314 e. The van der Waals surface area contributed by atoms with E-state index < -0.39 is 0 Å². The summed E-state index contributed by atoms with van der Waals surface area (Å²) in [5.41, 5.74) is 1.77. The van der Waals surface area contributed by atoms with Crippen LogP contribution < -0.4 is 5.32 Å². The lowest BCUT2D eigenvalue weighted by Crippen LogP contribution is -2.27. The molecule has 0 radical (unpaired) electrons. The van der Waals surface area contributed by atoms with E-state index in [-0.39, 0.29) is 11.9 Å². The van der Waals surface area contributed by atoms with Crippen molar-refractivity contribution in [3.63, 3.8) is 0 Å². The lowest BCUT2D eigenvalue weighted by Gasteiger charge is -2.15. The molecule has 2 rings (SSSR count). The summed E-state index contributed by atoms with van der Waals surface area (Å²) in [7, 11) is 1.40. The molecule has 1 unspecified atom stereocenters. The highest BCUT2D eigenvalue weighted by molar-refractivity contribution is 5.78. The van der Waals surface area contributed by atoms with Crippen LogP contribution in [0.4, 0.5) is 0 Å². The highest BCUT2D eigenvalue weighted by Crippen LogP contribution is 2.16. The average molecular weight is 271 g/mol. The second kappa shape index (κ2) is 7.35. The monoisotopic (exact) mass is 271 g/mol. The number of nitrogens with zero attached hydrogens (tertiary/aromatic N) is 2. The molecule has 1 atom stereocenters. The summed E-state index contributed by atoms with van der Waals surface area (Å²) in [6.45, 7) is 1.06. The van der Waals surface area contributed by atoms with Crippen molar-refractivity contribution < 1.29 is 9.53 Å². The van der Waals surface area contributed by atoms with Crippen LogP contribution in [0.15, 0.2) is 48.7 Å². The molecule has 1 aromatic carbocycles. The molecule has 0 aliphatic rings. The summed E-state index contributed by atoms with van der Waals surface area (Å²) in [4.78, 5) is 11.9. The number of hydrogen-bond acceptors (Lipinski definition) is 5. The fourth-order valence-corrected chi connectivity index (χ4v) is 1.94. The molecule has 0 amide bonds. The number of hydrogen-bond donors (Lipinski definition) is 1. The van der Waals surface area contributed by atoms with Crippen molar-refractivity contribution in [2.75, 3.05) is 13.7 Å². The van der Waals surface area contributed by atoms with Crippen LogP contribution in [0, 0.1) is 0 Å². The number of benzene rings is 1. The van der Waals surface area contributed by atoms with Gasteiger partial charge in [-0.05, 0) is 17.7 Å². The molecule has 0 fully saturated rings. The summed E-state index contributed by atoms with van der Waals surface area (Å²) in [5, 5.41) is 11.0. The molecular formula is C15H17N3O2. The van der Waals surface area contributed by atoms with E-state index in [0.29, 0.717) is 13.1 Å². The highest BCUT2D eigenvalue weighted by Gasteiger charge is 2.20. The van der Waals surface area contributed by atoms with Gasteiger partial charge in [0.05, 0.1) is 18.7 Å². The minimum absolute atomic E-state index is 0.247. The third kappa shape index (κ3) is 3.86. The van der Waals surface area contributed by atoms with Gasteiger partial charge in [0.15, 0.2) is 0 Å². The number of carbonyl (C=O) groups excluding carboxylic acids is 1. The lowest BCUT2D eigenvalue weighted by molar-refractivity contribution is -0.142. The topological polar surface area (TPSA) is 64.1 Å². The zero-order valence-corrected chi connectivity index (χ0v) is 11.3. The van der Waals surface area contributed by atoms with Crippen molar-refractivity contribution in [1.29, 1.82) is 0 Å². The van der Waals surface area contributed by atoms with Crippen LogP contribution in [0.1, 0.15) is 17.2 Å². The van der Waals surface area contributed by atoms with Crippen LogP contribution in [-0.4, -0.2) is 29.8 Å². The van der Waals surface area contributed by atoms with E-state index in [9.17, 15) is 4.79 Å². The van der Waals surface area contributed by atoms with Gasteiger partial charge in [-0.25, -0.2) is 0 Å². The van der Waals surface area contributed by atoms with Crippen molar-refractivity contribution in [1.82, 2.24) is 15.5 Å². The lowest BCUT2D eigenvalue weighted by atomic mass is 9.99. The van der Waals surface area contributed by atoms with Gasteiger partial charge >= 0.3 is 5.97 Å². The maximum atomic E-state index is 11.9. The predicted octanol–water partition coefficient (Wildman–Crippen LogP) is 1.52. The number of rotatable bonds is 6. The van der Waals surface area contributed by atoms with Crippen molar-refractivity contribution in [2.45, 2.75) is 12.5 Å². The molecule has 5 heteroatoms. The fourth-order valence-electron chi connectivity index (χ4n) is 1.94. The molecule has 1 N–H and O–H groups in total. The third-order valence-corrected chi connectivity index (χ3v) is 2.97. The number of ether oxygens (including phenoxy) is 1. The van der Waals surface area contributed by atoms with Gasteiger partial charge in [0.25, 0.3) is 0 Å². The number of aromatic nitrogens is 2. The molecular weight excluding hydrogens is 254 g/mol. The van der Waals surface area contributed by atoms with Crippen molar-refractivity contribution in [3.05, 3.63) is 59.9 Å². The van der Waals surface area contributed by atoms with E-state index in [1.165, 1.54) is 7.11 Å². The molecule has 0 aliphatic heterocycles. The SMILES string of the molecule is COC(=O)C(CNCc1cccnn1)c1ccccc1. The first-order valence-electron chi connectivity index (χ1n) is 6.41. The number of carbonyl (C=O) groups is 1. The second-order valence-electron chi connectivity index (χ2n) is 4.33. The summed E-state index contributed by atoms with van der Waals surface area (Å²) >= 11 is 0. The normalized spacial score (nSPS) is 11.8. The Morgan fingerprint density at radius 1 is 1.25 bits per heavy atom. The zero-order chi connectivity index (χ0) is 14.2. The van der Waals surface area contributed by atoms with E-state index >= 15 is 0 Å². The molecule has 5 nitrogen and oxygen atoms in total. The molecule has 2 aromatic rings. The van der Waals surface area contributed by atoms with Crippen LogP contribution in [0.25, 0.3) is 0 Å². The van der Waals surface area contributed by atoms with Crippen molar-refractivity contribution in [3.8, 4) is 0 Å². The number of methoxy groups -OCH3 is 1. The van der Waals surface area contributed by atoms with E-state index in [1.807, 2.05) is 42.5 Å². The molecule has 104 valence electrons. The first-order valence-corrected chi connectivity index (χ1v) is 6.41. The predicted molar refractivity (Wildman–Crippen MR) is 74.9 cm³/mol. The Morgan fingerprint density at radius 2 is 2.05 bits per heavy atom. The van der Waals surface area contributed by atoms with Crippen molar-refractivity contribution >= 4 is 5.97 Å². The molecule has 1 heterocycles. The summed E-state index contributed by atoms with van der Waals surface area (Å²) < 4.78 is 4.86. The number of esters is 1. The molecule has 0 saturated carbocycles. The first kappa shape index (κ1) is 14.1. The molecule has 0 bridgehead atoms. The van der Waals surface area contributed by atoms with Crippen LogP contribution >= 0.6 is 0 Å². The Balaban J connectivity index is 1.97. The molecule has 1 aromatic heterocycles. The molecule has 0 saturated heterocycles. The van der Waals surface area contributed by atoms with E-state index in [2.05, 4.69) is 15.5 Å². The van der Waals surface area contributed by atoms with Crippen LogP contribution in [0.5, 0.6) is 0 Å². The highest BCUT2D eigenvalue weighted by atomic mass is 16.5. The summed E-state index contributed by atoms with van der Waals surface area (Å²) in [6, 6.07) is 13.3. The maximum absolute atomic E-state index is 11.9. The molecule has 0 aliphatic carbocycles. The summed E-state index contributed by atoms with van der Waals surface area (Å²) in [6.07, 6.45) is 1.63. The quantitative estimate of drug-likeness (QED) is 0.807. The minimum Gasteiger partial charge on any atom is -0.469 e. The van der Waals surface area contributed by atoms with Gasteiger partial charge in [-0.2, -0.15) is 10.2 Å². The Hall–Kier alpha value is -2.27. The third-order valence-electron chi connectivity index (χ3n) is 2.97. The number of nitrogens with one attached hydrogen (secondary N) is 1. The molecule has 20 heavy (non-hydrogen) atoms. The Kier molecular flexibility index (Phi) is 5.20. The van der Waals surface area contributed by atoms with Crippen LogP contribution in [0.2, 0.25) is 0 Å². The molecule has 0 spiro atoms. The maximum Gasteiger partial charge on any atom is 0.314 e. The standard InChI is InChI=1S/C15H17N3O2/c1-20-15(19)14(12-6-3-2-4-7-12)11-16-10-13-8-5-9-17-18-13/h2-9,14,16H,10-11H2,1H3.